The van der Waals surface area contributed by atoms with Crippen molar-refractivity contribution in [1.82, 2.24) is 10.6 Å². The molecule has 5 heteroatoms. The van der Waals surface area contributed by atoms with E-state index in [1.54, 1.807) is 18.2 Å². The van der Waals surface area contributed by atoms with Crippen molar-refractivity contribution in [2.24, 2.45) is 0 Å². The third-order valence-electron chi connectivity index (χ3n) is 2.93. The van der Waals surface area contributed by atoms with E-state index in [0.29, 0.717) is 30.1 Å². The second-order valence-corrected chi connectivity index (χ2v) is 4.57. The number of benzene rings is 1. The Morgan fingerprint density at radius 2 is 2.35 bits per heavy atom. The number of halogens is 1. The summed E-state index contributed by atoms with van der Waals surface area (Å²) in [4.78, 5) is 11.0. The van der Waals surface area contributed by atoms with Gasteiger partial charge in [-0.2, -0.15) is 0 Å². The lowest BCUT2D eigenvalue weighted by Crippen LogP contribution is -2.45. The van der Waals surface area contributed by atoms with Crippen molar-refractivity contribution in [3.05, 3.63) is 28.8 Å². The van der Waals surface area contributed by atoms with Crippen molar-refractivity contribution in [3.8, 4) is 5.75 Å². The van der Waals surface area contributed by atoms with E-state index in [0.717, 1.165) is 6.42 Å². The number of amides is 1. The Hall–Kier alpha value is -1.26. The Kier molecular flexibility index (Phi) is 3.86. The molecule has 1 fully saturated rings. The number of carbonyl (C=O) groups is 1. The molecule has 0 radical (unpaired) electrons. The summed E-state index contributed by atoms with van der Waals surface area (Å²) < 4.78 is 0. The predicted molar refractivity (Wildman–Crippen MR) is 66.0 cm³/mol. The number of phenols is 1. The lowest BCUT2D eigenvalue weighted by molar-refractivity contribution is -0.122. The Morgan fingerprint density at radius 3 is 3.00 bits per heavy atom. The summed E-state index contributed by atoms with van der Waals surface area (Å²) >= 11 is 6.00. The summed E-state index contributed by atoms with van der Waals surface area (Å²) in [6.07, 6.45) is 1.36. The molecule has 1 aliphatic heterocycles. The maximum absolute atomic E-state index is 11.0. The van der Waals surface area contributed by atoms with Gasteiger partial charge in [0.25, 0.3) is 0 Å². The first-order valence-corrected chi connectivity index (χ1v) is 6.01. The molecular weight excluding hydrogens is 240 g/mol. The number of piperidine rings is 1. The summed E-state index contributed by atoms with van der Waals surface area (Å²) in [5.74, 6) is 0.300. The van der Waals surface area contributed by atoms with Gasteiger partial charge in [-0.05, 0) is 18.6 Å². The van der Waals surface area contributed by atoms with Crippen LogP contribution in [0, 0.1) is 0 Å². The molecule has 3 N–H and O–H groups in total. The SMILES string of the molecule is O=C1CCC(NCc2c(O)cccc2Cl)CN1. The molecule has 0 spiro atoms. The van der Waals surface area contributed by atoms with Gasteiger partial charge in [0.05, 0.1) is 0 Å². The van der Waals surface area contributed by atoms with Crippen molar-refractivity contribution in [3.63, 3.8) is 0 Å². The third-order valence-corrected chi connectivity index (χ3v) is 3.28. The van der Waals surface area contributed by atoms with Crippen molar-refractivity contribution < 1.29 is 9.90 Å². The fourth-order valence-electron chi connectivity index (χ4n) is 1.88. The Bertz CT molecular complexity index is 393. The smallest absolute Gasteiger partial charge is 0.220 e. The highest BCUT2D eigenvalue weighted by Gasteiger charge is 2.18. The molecule has 1 saturated heterocycles. The second kappa shape index (κ2) is 5.38. The largest absolute Gasteiger partial charge is 0.508 e. The van der Waals surface area contributed by atoms with E-state index in [9.17, 15) is 9.90 Å². The highest BCUT2D eigenvalue weighted by molar-refractivity contribution is 6.31. The van der Waals surface area contributed by atoms with Crippen LogP contribution in [0.5, 0.6) is 5.75 Å². The zero-order valence-electron chi connectivity index (χ0n) is 9.37. The Labute approximate surface area is 105 Å². The van der Waals surface area contributed by atoms with E-state index in [4.69, 9.17) is 11.6 Å². The molecule has 92 valence electrons. The molecule has 1 atom stereocenters. The van der Waals surface area contributed by atoms with Gasteiger partial charge in [0.2, 0.25) is 5.91 Å². The molecule has 0 aliphatic carbocycles. The van der Waals surface area contributed by atoms with Crippen molar-refractivity contribution in [1.29, 1.82) is 0 Å². The first-order valence-electron chi connectivity index (χ1n) is 5.63. The fourth-order valence-corrected chi connectivity index (χ4v) is 2.11. The van der Waals surface area contributed by atoms with E-state index in [1.165, 1.54) is 0 Å². The lowest BCUT2D eigenvalue weighted by Gasteiger charge is -2.23. The van der Waals surface area contributed by atoms with Gasteiger partial charge in [-0.1, -0.05) is 17.7 Å². The van der Waals surface area contributed by atoms with Crippen molar-refractivity contribution in [2.75, 3.05) is 6.54 Å². The molecule has 0 saturated carbocycles. The van der Waals surface area contributed by atoms with E-state index in [1.807, 2.05) is 0 Å². The van der Waals surface area contributed by atoms with Gasteiger partial charge in [0, 0.05) is 36.1 Å². The minimum atomic E-state index is 0.101. The van der Waals surface area contributed by atoms with Crippen LogP contribution in [0.4, 0.5) is 0 Å². The minimum absolute atomic E-state index is 0.101. The van der Waals surface area contributed by atoms with Crippen LogP contribution in [-0.4, -0.2) is 23.6 Å². The van der Waals surface area contributed by atoms with Gasteiger partial charge in [-0.3, -0.25) is 4.79 Å². The maximum Gasteiger partial charge on any atom is 0.220 e. The first-order chi connectivity index (χ1) is 8.16. The number of phenolic OH excluding ortho intramolecular Hbond substituents is 1. The average Bonchev–Trinajstić information content (AvgIpc) is 2.31. The molecule has 1 amide bonds. The van der Waals surface area contributed by atoms with E-state index < -0.39 is 0 Å². The zero-order valence-corrected chi connectivity index (χ0v) is 10.1. The zero-order chi connectivity index (χ0) is 12.3. The van der Waals surface area contributed by atoms with E-state index in [2.05, 4.69) is 10.6 Å². The number of rotatable bonds is 3. The quantitative estimate of drug-likeness (QED) is 0.765. The number of hydrogen-bond donors (Lipinski definition) is 3. The topological polar surface area (TPSA) is 61.4 Å². The van der Waals surface area contributed by atoms with Crippen molar-refractivity contribution in [2.45, 2.75) is 25.4 Å². The summed E-state index contributed by atoms with van der Waals surface area (Å²) in [6.45, 7) is 1.14. The standard InChI is InChI=1S/C12H15ClN2O2/c13-10-2-1-3-11(16)9(10)7-14-8-4-5-12(17)15-6-8/h1-3,8,14,16H,4-7H2,(H,15,17). The molecule has 0 bridgehead atoms. The average molecular weight is 255 g/mol. The second-order valence-electron chi connectivity index (χ2n) is 4.16. The van der Waals surface area contributed by atoms with Crippen LogP contribution >= 0.6 is 11.6 Å². The highest BCUT2D eigenvalue weighted by Crippen LogP contribution is 2.25. The Morgan fingerprint density at radius 1 is 1.53 bits per heavy atom. The normalized spacial score (nSPS) is 20.1. The Balaban J connectivity index is 1.91. The van der Waals surface area contributed by atoms with Crippen molar-refractivity contribution >= 4 is 17.5 Å². The lowest BCUT2D eigenvalue weighted by atomic mass is 10.1. The van der Waals surface area contributed by atoms with Crippen LogP contribution in [-0.2, 0) is 11.3 Å². The predicted octanol–water partition coefficient (Wildman–Crippen LogP) is 1.41. The molecule has 1 unspecified atom stereocenters. The van der Waals surface area contributed by atoms with E-state index in [-0.39, 0.29) is 17.7 Å². The van der Waals surface area contributed by atoms with E-state index >= 15 is 0 Å². The van der Waals surface area contributed by atoms with Gasteiger partial charge >= 0.3 is 0 Å². The summed E-state index contributed by atoms with van der Waals surface area (Å²) in [6, 6.07) is 5.32. The van der Waals surface area contributed by atoms with Crippen LogP contribution in [0.25, 0.3) is 0 Å². The first kappa shape index (κ1) is 12.2. The van der Waals surface area contributed by atoms with Gasteiger partial charge in [-0.25, -0.2) is 0 Å². The molecule has 4 nitrogen and oxygen atoms in total. The molecule has 1 heterocycles. The molecule has 0 aromatic heterocycles. The number of hydrogen-bond acceptors (Lipinski definition) is 3. The molecule has 1 aliphatic rings. The summed E-state index contributed by atoms with van der Waals surface area (Å²) in [5.41, 5.74) is 0.700. The molecule has 1 aromatic carbocycles. The number of aromatic hydroxyl groups is 1. The summed E-state index contributed by atoms with van der Waals surface area (Å²) in [7, 11) is 0. The maximum atomic E-state index is 11.0. The minimum Gasteiger partial charge on any atom is -0.508 e. The third kappa shape index (κ3) is 3.11. The number of nitrogens with one attached hydrogen (secondary N) is 2. The van der Waals surface area contributed by atoms with Crippen LogP contribution in [0.2, 0.25) is 5.02 Å². The van der Waals surface area contributed by atoms with Gasteiger partial charge < -0.3 is 15.7 Å². The highest BCUT2D eigenvalue weighted by atomic mass is 35.5. The summed E-state index contributed by atoms with van der Waals surface area (Å²) in [5, 5.41) is 16.3. The van der Waals surface area contributed by atoms with Crippen LogP contribution in [0.1, 0.15) is 18.4 Å². The monoisotopic (exact) mass is 254 g/mol. The number of carbonyl (C=O) groups excluding carboxylic acids is 1. The molecule has 2 rings (SSSR count). The molecule has 17 heavy (non-hydrogen) atoms. The van der Waals surface area contributed by atoms with Gasteiger partial charge in [0.1, 0.15) is 5.75 Å². The van der Waals surface area contributed by atoms with Crippen LogP contribution < -0.4 is 10.6 Å². The van der Waals surface area contributed by atoms with Gasteiger partial charge in [0.15, 0.2) is 0 Å². The van der Waals surface area contributed by atoms with Gasteiger partial charge in [-0.15, -0.1) is 0 Å². The fraction of sp³-hybridized carbons (Fsp3) is 0.417. The van der Waals surface area contributed by atoms with Crippen LogP contribution in [0.3, 0.4) is 0 Å². The molecule has 1 aromatic rings. The molecular formula is C12H15ClN2O2. The van der Waals surface area contributed by atoms with Crippen LogP contribution in [0.15, 0.2) is 18.2 Å².